The lowest BCUT2D eigenvalue weighted by Gasteiger charge is -2.15. The van der Waals surface area contributed by atoms with E-state index in [2.05, 4.69) is 10.3 Å². The number of thiazole rings is 1. The number of rotatable bonds is 9. The number of aromatic nitrogens is 1. The van der Waals surface area contributed by atoms with Gasteiger partial charge in [0.25, 0.3) is 0 Å². The summed E-state index contributed by atoms with van der Waals surface area (Å²) in [6.07, 6.45) is 0.650. The van der Waals surface area contributed by atoms with Gasteiger partial charge in [0.1, 0.15) is 10.5 Å². The molecule has 0 radical (unpaired) electrons. The van der Waals surface area contributed by atoms with Crippen molar-refractivity contribution < 1.29 is 19.4 Å². The van der Waals surface area contributed by atoms with E-state index in [9.17, 15) is 14.7 Å². The molecule has 8 heteroatoms. The molecule has 0 atom stereocenters. The number of thioether (sulfide) groups is 1. The highest BCUT2D eigenvalue weighted by Gasteiger charge is 2.29. The van der Waals surface area contributed by atoms with E-state index in [4.69, 9.17) is 4.74 Å². The lowest BCUT2D eigenvalue weighted by atomic mass is 10.1. The fourth-order valence-electron chi connectivity index (χ4n) is 2.68. The Hall–Kier alpha value is -2.84. The third-order valence-corrected chi connectivity index (χ3v) is 6.58. The first kappa shape index (κ1) is 22.8. The fraction of sp³-hybridized carbons (Fsp3) is 0.261. The molecule has 2 N–H and O–H groups in total. The van der Waals surface area contributed by atoms with Crippen molar-refractivity contribution in [3.05, 3.63) is 59.6 Å². The number of hydrogen-bond acceptors (Lipinski definition) is 6. The minimum absolute atomic E-state index is 0.0917. The zero-order valence-electron chi connectivity index (χ0n) is 17.5. The van der Waals surface area contributed by atoms with Crippen LogP contribution in [0.3, 0.4) is 0 Å². The second-order valence-electron chi connectivity index (χ2n) is 7.40. The van der Waals surface area contributed by atoms with Gasteiger partial charge in [-0.15, -0.1) is 11.3 Å². The summed E-state index contributed by atoms with van der Waals surface area (Å²) in [5, 5.41) is 13.9. The van der Waals surface area contributed by atoms with Crippen LogP contribution < -0.4 is 10.1 Å². The van der Waals surface area contributed by atoms with Crippen molar-refractivity contribution in [2.45, 2.75) is 36.3 Å². The molecule has 1 aromatic heterocycles. The summed E-state index contributed by atoms with van der Waals surface area (Å²) in [6, 6.07) is 15.5. The molecule has 1 amide bonds. The molecule has 3 rings (SSSR count). The average molecular weight is 457 g/mol. The molecule has 0 bridgehead atoms. The van der Waals surface area contributed by atoms with Gasteiger partial charge in [0.05, 0.1) is 12.3 Å². The Balaban J connectivity index is 1.51. The predicted molar refractivity (Wildman–Crippen MR) is 125 cm³/mol. The molecule has 2 aromatic carbocycles. The van der Waals surface area contributed by atoms with Crippen LogP contribution in [0.4, 0.5) is 5.69 Å². The van der Waals surface area contributed by atoms with Crippen molar-refractivity contribution in [3.8, 4) is 16.9 Å². The smallest absolute Gasteiger partial charge is 0.319 e. The first-order valence-corrected chi connectivity index (χ1v) is 11.4. The average Bonchev–Trinajstić information content (AvgIpc) is 3.15. The highest BCUT2D eigenvalue weighted by Crippen LogP contribution is 2.34. The zero-order valence-corrected chi connectivity index (χ0v) is 19.2. The first-order chi connectivity index (χ1) is 14.7. The van der Waals surface area contributed by atoms with Gasteiger partial charge in [-0.1, -0.05) is 36.0 Å². The normalized spacial score (nSPS) is 11.2. The van der Waals surface area contributed by atoms with Crippen LogP contribution in [0.1, 0.15) is 26.5 Å². The molecular formula is C23H24N2O4S2. The molecule has 0 fully saturated rings. The van der Waals surface area contributed by atoms with Gasteiger partial charge in [-0.2, -0.15) is 0 Å². The lowest BCUT2D eigenvalue weighted by molar-refractivity contribution is -0.138. The van der Waals surface area contributed by atoms with Crippen molar-refractivity contribution in [2.24, 2.45) is 0 Å². The van der Waals surface area contributed by atoms with Crippen molar-refractivity contribution >= 4 is 40.7 Å². The number of carboxylic acids is 1. The van der Waals surface area contributed by atoms with E-state index in [0.717, 1.165) is 32.6 Å². The number of ether oxygens (including phenoxy) is 1. The topological polar surface area (TPSA) is 88.5 Å². The number of carboxylic acid groups (broad SMARTS) is 1. The summed E-state index contributed by atoms with van der Waals surface area (Å²) in [5.74, 6) is -0.175. The Bertz CT molecular complexity index is 1040. The first-order valence-electron chi connectivity index (χ1n) is 9.70. The Morgan fingerprint density at radius 1 is 1.10 bits per heavy atom. The number of carbonyl (C=O) groups is 2. The fourth-order valence-corrected chi connectivity index (χ4v) is 4.90. The maximum Gasteiger partial charge on any atom is 0.319 e. The maximum atomic E-state index is 11.2. The minimum Gasteiger partial charge on any atom is -0.493 e. The van der Waals surface area contributed by atoms with Gasteiger partial charge in [0.15, 0.2) is 4.34 Å². The van der Waals surface area contributed by atoms with Crippen LogP contribution in [-0.2, 0) is 16.0 Å². The molecular weight excluding hydrogens is 432 g/mol. The van der Waals surface area contributed by atoms with Crippen molar-refractivity contribution in [2.75, 3.05) is 11.9 Å². The summed E-state index contributed by atoms with van der Waals surface area (Å²) in [5.41, 5.74) is 3.78. The quantitative estimate of drug-likeness (QED) is 0.422. The summed E-state index contributed by atoms with van der Waals surface area (Å²) >= 11 is 2.71. The van der Waals surface area contributed by atoms with Crippen LogP contribution in [0, 0.1) is 0 Å². The van der Waals surface area contributed by atoms with Gasteiger partial charge in [-0.3, -0.25) is 9.59 Å². The van der Waals surface area contributed by atoms with Crippen LogP contribution in [0.25, 0.3) is 11.1 Å². The van der Waals surface area contributed by atoms with Gasteiger partial charge in [-0.05, 0) is 49.2 Å². The Labute approximate surface area is 189 Å². The number of anilines is 1. The third kappa shape index (κ3) is 6.57. The summed E-state index contributed by atoms with van der Waals surface area (Å²) in [7, 11) is 0. The van der Waals surface area contributed by atoms with E-state index in [0.29, 0.717) is 13.0 Å². The maximum absolute atomic E-state index is 11.2. The van der Waals surface area contributed by atoms with E-state index < -0.39 is 10.7 Å². The van der Waals surface area contributed by atoms with E-state index in [1.165, 1.54) is 30.0 Å². The molecule has 0 spiro atoms. The number of nitrogens with zero attached hydrogens (tertiary/aromatic N) is 1. The minimum atomic E-state index is -0.905. The lowest BCUT2D eigenvalue weighted by Crippen LogP contribution is -2.26. The van der Waals surface area contributed by atoms with Crippen LogP contribution in [0.15, 0.2) is 58.3 Å². The van der Waals surface area contributed by atoms with E-state index >= 15 is 0 Å². The number of nitrogens with one attached hydrogen (secondary N) is 1. The molecule has 3 aromatic rings. The standard InChI is InChI=1S/C23H24N2O4S2/c1-15(26)24-18-8-4-16(5-9-18)17-6-10-20(11-7-17)29-13-12-19-14-30-22(25-19)31-23(2,3)21(27)28/h4-11,14H,12-13H2,1-3H3,(H,24,26)(H,27,28). The van der Waals surface area contributed by atoms with Crippen LogP contribution >= 0.6 is 23.1 Å². The summed E-state index contributed by atoms with van der Waals surface area (Å²) in [6.45, 7) is 5.32. The van der Waals surface area contributed by atoms with E-state index in [1.54, 1.807) is 13.8 Å². The molecule has 0 unspecified atom stereocenters. The number of amides is 1. The van der Waals surface area contributed by atoms with Gasteiger partial charge >= 0.3 is 5.97 Å². The second-order valence-corrected chi connectivity index (χ2v) is 10.1. The van der Waals surface area contributed by atoms with Gasteiger partial charge in [0, 0.05) is 24.4 Å². The molecule has 6 nitrogen and oxygen atoms in total. The van der Waals surface area contributed by atoms with Crippen molar-refractivity contribution in [1.82, 2.24) is 4.98 Å². The summed E-state index contributed by atoms with van der Waals surface area (Å²) < 4.78 is 5.67. The van der Waals surface area contributed by atoms with Gasteiger partial charge in [-0.25, -0.2) is 4.98 Å². The molecule has 1 heterocycles. The van der Waals surface area contributed by atoms with Crippen molar-refractivity contribution in [1.29, 1.82) is 0 Å². The number of benzene rings is 2. The highest BCUT2D eigenvalue weighted by molar-refractivity contribution is 8.02. The molecule has 31 heavy (non-hydrogen) atoms. The highest BCUT2D eigenvalue weighted by atomic mass is 32.2. The molecule has 0 aliphatic heterocycles. The number of hydrogen-bond donors (Lipinski definition) is 2. The largest absolute Gasteiger partial charge is 0.493 e. The van der Waals surface area contributed by atoms with Crippen LogP contribution in [0.5, 0.6) is 5.75 Å². The second kappa shape index (κ2) is 9.98. The number of aliphatic carboxylic acids is 1. The van der Waals surface area contributed by atoms with Crippen LogP contribution in [-0.4, -0.2) is 33.3 Å². The zero-order chi connectivity index (χ0) is 22.4. The van der Waals surface area contributed by atoms with Crippen molar-refractivity contribution in [3.63, 3.8) is 0 Å². The van der Waals surface area contributed by atoms with Gasteiger partial charge < -0.3 is 15.2 Å². The Kier molecular flexibility index (Phi) is 7.35. The number of carbonyl (C=O) groups excluding carboxylic acids is 1. The molecule has 0 aliphatic rings. The van der Waals surface area contributed by atoms with E-state index in [1.807, 2.05) is 53.9 Å². The summed E-state index contributed by atoms with van der Waals surface area (Å²) in [4.78, 5) is 26.9. The Morgan fingerprint density at radius 2 is 1.71 bits per heavy atom. The SMILES string of the molecule is CC(=O)Nc1ccc(-c2ccc(OCCc3csc(SC(C)(C)C(=O)O)n3)cc2)cc1. The van der Waals surface area contributed by atoms with Gasteiger partial charge in [0.2, 0.25) is 5.91 Å². The molecule has 162 valence electrons. The molecule has 0 saturated heterocycles. The van der Waals surface area contributed by atoms with Crippen LogP contribution in [0.2, 0.25) is 0 Å². The van der Waals surface area contributed by atoms with E-state index in [-0.39, 0.29) is 5.91 Å². The monoisotopic (exact) mass is 456 g/mol. The predicted octanol–water partition coefficient (Wildman–Crippen LogP) is 5.35. The third-order valence-electron chi connectivity index (χ3n) is 4.41. The molecule has 0 saturated carbocycles. The molecule has 0 aliphatic carbocycles. The Morgan fingerprint density at radius 3 is 2.29 bits per heavy atom.